The predicted octanol–water partition coefficient (Wildman–Crippen LogP) is 3.87. The summed E-state index contributed by atoms with van der Waals surface area (Å²) in [5, 5.41) is 11.5. The van der Waals surface area contributed by atoms with Gasteiger partial charge < -0.3 is 19.5 Å². The maximum absolute atomic E-state index is 13.5. The van der Waals surface area contributed by atoms with Crippen LogP contribution in [0.2, 0.25) is 0 Å². The number of aromatic nitrogens is 1. The molecule has 2 heterocycles. The van der Waals surface area contributed by atoms with Crippen LogP contribution in [0.4, 0.5) is 5.69 Å². The second kappa shape index (κ2) is 8.72. The van der Waals surface area contributed by atoms with Crippen molar-refractivity contribution in [2.24, 2.45) is 0 Å². The van der Waals surface area contributed by atoms with Gasteiger partial charge in [0.25, 0.3) is 5.91 Å². The average molecular weight is 497 g/mol. The van der Waals surface area contributed by atoms with Crippen LogP contribution in [0.3, 0.4) is 0 Å². The molecular weight excluding hydrogens is 476 g/mol. The molecule has 0 spiro atoms. The molecule has 7 nitrogen and oxygen atoms in total. The lowest BCUT2D eigenvalue weighted by atomic mass is 9.88. The average Bonchev–Trinajstić information content (AvgIpc) is 3.00. The van der Waals surface area contributed by atoms with Crippen molar-refractivity contribution in [3.05, 3.63) is 82.1 Å². The molecule has 0 saturated carbocycles. The Labute approximate surface area is 193 Å². The maximum Gasteiger partial charge on any atom is 0.264 e. The zero-order chi connectivity index (χ0) is 22.9. The Morgan fingerprint density at radius 3 is 2.47 bits per heavy atom. The lowest BCUT2D eigenvalue weighted by molar-refractivity contribution is -0.136. The first-order valence-corrected chi connectivity index (χ1v) is 10.6. The van der Waals surface area contributed by atoms with Gasteiger partial charge in [-0.05, 0) is 48.0 Å². The topological polar surface area (TPSA) is 89.0 Å². The Morgan fingerprint density at radius 2 is 1.78 bits per heavy atom. The molecule has 0 radical (unpaired) electrons. The molecule has 0 unspecified atom stereocenters. The van der Waals surface area contributed by atoms with Gasteiger partial charge >= 0.3 is 0 Å². The summed E-state index contributed by atoms with van der Waals surface area (Å²) >= 11 is 3.40. The molecule has 1 N–H and O–H groups in total. The summed E-state index contributed by atoms with van der Waals surface area (Å²) in [4.78, 5) is 31.7. The van der Waals surface area contributed by atoms with E-state index in [0.29, 0.717) is 32.8 Å². The summed E-state index contributed by atoms with van der Waals surface area (Å²) in [5.74, 6) is 0.216. The highest BCUT2D eigenvalue weighted by Gasteiger charge is 2.51. The van der Waals surface area contributed by atoms with Crippen LogP contribution < -0.4 is 14.4 Å². The summed E-state index contributed by atoms with van der Waals surface area (Å²) in [6.07, 6.45) is 2.63. The van der Waals surface area contributed by atoms with E-state index in [-0.39, 0.29) is 18.7 Å². The van der Waals surface area contributed by atoms with Crippen LogP contribution in [0.15, 0.2) is 65.4 Å². The number of carbonyl (C=O) groups excluding carboxylic acids is 2. The number of halogens is 1. The minimum atomic E-state index is -1.98. The minimum absolute atomic E-state index is 0.194. The normalized spacial score (nSPS) is 17.2. The van der Waals surface area contributed by atoms with E-state index >= 15 is 0 Å². The van der Waals surface area contributed by atoms with E-state index in [1.807, 2.05) is 6.07 Å². The van der Waals surface area contributed by atoms with Gasteiger partial charge in [0.2, 0.25) is 0 Å². The number of hydrogen-bond acceptors (Lipinski definition) is 6. The van der Waals surface area contributed by atoms with Gasteiger partial charge in [-0.1, -0.05) is 22.0 Å². The highest BCUT2D eigenvalue weighted by Crippen LogP contribution is 2.45. The molecule has 8 heteroatoms. The molecule has 0 aliphatic carbocycles. The highest BCUT2D eigenvalue weighted by molar-refractivity contribution is 9.10. The largest absolute Gasteiger partial charge is 0.493 e. The lowest BCUT2D eigenvalue weighted by Crippen LogP contribution is -2.41. The maximum atomic E-state index is 13.5. The molecule has 3 aromatic rings. The minimum Gasteiger partial charge on any atom is -0.493 e. The molecule has 1 aliphatic rings. The van der Waals surface area contributed by atoms with Crippen LogP contribution in [0.25, 0.3) is 0 Å². The van der Waals surface area contributed by atoms with E-state index in [4.69, 9.17) is 9.47 Å². The Kier molecular flexibility index (Phi) is 5.99. The van der Waals surface area contributed by atoms with Crippen molar-refractivity contribution in [1.82, 2.24) is 4.98 Å². The van der Waals surface area contributed by atoms with E-state index in [0.717, 1.165) is 5.56 Å². The van der Waals surface area contributed by atoms with Crippen LogP contribution in [0, 0.1) is 0 Å². The third-order valence-electron chi connectivity index (χ3n) is 5.50. The standard InChI is InChI=1S/C24H21BrN2O5/c1-31-21-6-3-15(11-22(21)32-2)14-27-19-5-4-17(25)12-18(19)24(30,23(27)29)13-20(28)16-7-9-26-10-8-16/h3-12,30H,13-14H2,1-2H3/t24-/m0/s1. The quantitative estimate of drug-likeness (QED) is 0.499. The number of amides is 1. The smallest absolute Gasteiger partial charge is 0.264 e. The van der Waals surface area contributed by atoms with E-state index < -0.39 is 11.5 Å². The number of nitrogens with zero attached hydrogens (tertiary/aromatic N) is 2. The number of methoxy groups -OCH3 is 2. The van der Waals surface area contributed by atoms with E-state index in [2.05, 4.69) is 20.9 Å². The number of ether oxygens (including phenoxy) is 2. The van der Waals surface area contributed by atoms with Crippen molar-refractivity contribution < 1.29 is 24.2 Å². The molecule has 32 heavy (non-hydrogen) atoms. The van der Waals surface area contributed by atoms with Crippen molar-refractivity contribution in [3.8, 4) is 11.5 Å². The molecule has 2 aromatic carbocycles. The second-order valence-electron chi connectivity index (χ2n) is 7.44. The molecule has 0 saturated heterocycles. The number of anilines is 1. The summed E-state index contributed by atoms with van der Waals surface area (Å²) in [6, 6.07) is 13.7. The van der Waals surface area contributed by atoms with Crippen molar-refractivity contribution in [2.75, 3.05) is 19.1 Å². The van der Waals surface area contributed by atoms with Gasteiger partial charge in [0.1, 0.15) is 0 Å². The number of rotatable bonds is 7. The first kappa shape index (κ1) is 22.0. The van der Waals surface area contributed by atoms with Gasteiger partial charge in [0, 0.05) is 28.0 Å². The summed E-state index contributed by atoms with van der Waals surface area (Å²) in [6.45, 7) is 0.194. The number of pyridine rings is 1. The third kappa shape index (κ3) is 3.87. The zero-order valence-corrected chi connectivity index (χ0v) is 19.1. The molecule has 4 rings (SSSR count). The molecule has 0 bridgehead atoms. The number of fused-ring (bicyclic) bond motifs is 1. The van der Waals surface area contributed by atoms with Crippen LogP contribution in [0.1, 0.15) is 27.9 Å². The molecule has 1 aromatic heterocycles. The van der Waals surface area contributed by atoms with Gasteiger partial charge in [-0.25, -0.2) is 0 Å². The summed E-state index contributed by atoms with van der Waals surface area (Å²) in [5.41, 5.74) is 0.138. The van der Waals surface area contributed by atoms with Gasteiger partial charge in [0.05, 0.1) is 32.9 Å². The highest BCUT2D eigenvalue weighted by atomic mass is 79.9. The molecule has 164 valence electrons. The first-order valence-electron chi connectivity index (χ1n) is 9.86. The van der Waals surface area contributed by atoms with E-state index in [1.54, 1.807) is 56.7 Å². The molecular formula is C24H21BrN2O5. The van der Waals surface area contributed by atoms with Gasteiger partial charge in [-0.15, -0.1) is 0 Å². The van der Waals surface area contributed by atoms with Gasteiger partial charge in [-0.2, -0.15) is 0 Å². The Bertz CT molecular complexity index is 1180. The lowest BCUT2D eigenvalue weighted by Gasteiger charge is -2.23. The number of hydrogen-bond donors (Lipinski definition) is 1. The number of aliphatic hydroxyl groups is 1. The Balaban J connectivity index is 1.70. The molecule has 0 fully saturated rings. The number of benzene rings is 2. The number of Topliss-reactive ketones (excluding diaryl/α,β-unsaturated/α-hetero) is 1. The van der Waals surface area contributed by atoms with Gasteiger partial charge in [-0.3, -0.25) is 14.6 Å². The van der Waals surface area contributed by atoms with Crippen LogP contribution in [0.5, 0.6) is 11.5 Å². The van der Waals surface area contributed by atoms with Crippen molar-refractivity contribution in [3.63, 3.8) is 0 Å². The van der Waals surface area contributed by atoms with Gasteiger partial charge in [0.15, 0.2) is 22.9 Å². The molecule has 1 amide bonds. The van der Waals surface area contributed by atoms with E-state index in [9.17, 15) is 14.7 Å². The fourth-order valence-electron chi connectivity index (χ4n) is 3.88. The Hall–Kier alpha value is -3.23. The monoisotopic (exact) mass is 496 g/mol. The summed E-state index contributed by atoms with van der Waals surface area (Å²) < 4.78 is 11.3. The fourth-order valence-corrected chi connectivity index (χ4v) is 4.25. The zero-order valence-electron chi connectivity index (χ0n) is 17.5. The van der Waals surface area contributed by atoms with E-state index in [1.165, 1.54) is 17.3 Å². The first-order chi connectivity index (χ1) is 15.4. The number of ketones is 1. The van der Waals surface area contributed by atoms with Crippen molar-refractivity contribution in [1.29, 1.82) is 0 Å². The Morgan fingerprint density at radius 1 is 1.06 bits per heavy atom. The van der Waals surface area contributed by atoms with Crippen LogP contribution in [-0.2, 0) is 16.9 Å². The fraction of sp³-hybridized carbons (Fsp3) is 0.208. The molecule has 1 aliphatic heterocycles. The SMILES string of the molecule is COc1ccc(CN2C(=O)[C@](O)(CC(=O)c3ccncc3)c3cc(Br)ccc32)cc1OC. The third-order valence-corrected chi connectivity index (χ3v) is 5.99. The van der Waals surface area contributed by atoms with Crippen molar-refractivity contribution >= 4 is 33.3 Å². The second-order valence-corrected chi connectivity index (χ2v) is 8.35. The number of carbonyl (C=O) groups is 2. The molecule has 1 atom stereocenters. The predicted molar refractivity (Wildman–Crippen MR) is 122 cm³/mol. The van der Waals surface area contributed by atoms with Crippen LogP contribution in [-0.4, -0.2) is 36.0 Å². The summed E-state index contributed by atoms with van der Waals surface area (Å²) in [7, 11) is 3.09. The van der Waals surface area contributed by atoms with Crippen LogP contribution >= 0.6 is 15.9 Å². The van der Waals surface area contributed by atoms with Crippen molar-refractivity contribution in [2.45, 2.75) is 18.6 Å².